The molecule has 0 aromatic heterocycles. The first-order valence-corrected chi connectivity index (χ1v) is 8.64. The lowest BCUT2D eigenvalue weighted by Crippen LogP contribution is -2.36. The van der Waals surface area contributed by atoms with E-state index in [0.717, 1.165) is 17.7 Å². The van der Waals surface area contributed by atoms with Gasteiger partial charge in [-0.1, -0.05) is 25.1 Å². The van der Waals surface area contributed by atoms with Crippen molar-refractivity contribution in [1.29, 1.82) is 0 Å². The van der Waals surface area contributed by atoms with Gasteiger partial charge in [0, 0.05) is 11.7 Å². The van der Waals surface area contributed by atoms with Gasteiger partial charge in [0.25, 0.3) is 0 Å². The van der Waals surface area contributed by atoms with Crippen LogP contribution in [0.3, 0.4) is 0 Å². The Bertz CT molecular complexity index is 584. The van der Waals surface area contributed by atoms with E-state index in [9.17, 15) is 13.2 Å². The fourth-order valence-corrected chi connectivity index (χ4v) is 4.05. The van der Waals surface area contributed by atoms with Crippen molar-refractivity contribution >= 4 is 21.4 Å². The summed E-state index contributed by atoms with van der Waals surface area (Å²) in [5.41, 5.74) is 1.91. The molecule has 1 fully saturated rings. The van der Waals surface area contributed by atoms with E-state index in [1.165, 1.54) is 0 Å². The highest BCUT2D eigenvalue weighted by Crippen LogP contribution is 2.15. The molecule has 1 atom stereocenters. The summed E-state index contributed by atoms with van der Waals surface area (Å²) in [6.45, 7) is 2.17. The largest absolute Gasteiger partial charge is 0.325 e. The van der Waals surface area contributed by atoms with Crippen LogP contribution in [-0.2, 0) is 21.1 Å². The second kappa shape index (κ2) is 6.37. The van der Waals surface area contributed by atoms with Crippen LogP contribution < -0.4 is 10.6 Å². The van der Waals surface area contributed by atoms with Gasteiger partial charge in [-0.05, 0) is 24.5 Å². The van der Waals surface area contributed by atoms with Gasteiger partial charge in [0.15, 0.2) is 9.84 Å². The van der Waals surface area contributed by atoms with Crippen LogP contribution in [0.1, 0.15) is 18.9 Å². The molecule has 1 unspecified atom stereocenters. The van der Waals surface area contributed by atoms with E-state index in [1.807, 2.05) is 31.2 Å². The average Bonchev–Trinajstić information content (AvgIpc) is 2.77. The van der Waals surface area contributed by atoms with Crippen LogP contribution in [0.2, 0.25) is 0 Å². The lowest BCUT2D eigenvalue weighted by atomic mass is 10.1. The Morgan fingerprint density at radius 2 is 2.10 bits per heavy atom. The van der Waals surface area contributed by atoms with E-state index >= 15 is 0 Å². The van der Waals surface area contributed by atoms with Crippen molar-refractivity contribution in [3.63, 3.8) is 0 Å². The maximum atomic E-state index is 11.9. The number of aryl methyl sites for hydroxylation is 1. The molecule has 5 nitrogen and oxygen atoms in total. The number of anilines is 1. The molecule has 2 N–H and O–H groups in total. The number of amides is 1. The molecular formula is C14H20N2O3S. The van der Waals surface area contributed by atoms with Crippen molar-refractivity contribution in [1.82, 2.24) is 5.32 Å². The third kappa shape index (κ3) is 4.05. The Morgan fingerprint density at radius 3 is 2.75 bits per heavy atom. The highest BCUT2D eigenvalue weighted by molar-refractivity contribution is 7.91. The number of sulfone groups is 1. The van der Waals surface area contributed by atoms with Crippen molar-refractivity contribution in [2.45, 2.75) is 25.8 Å². The summed E-state index contributed by atoms with van der Waals surface area (Å²) in [5, 5.41) is 5.86. The minimum Gasteiger partial charge on any atom is -0.325 e. The van der Waals surface area contributed by atoms with Gasteiger partial charge in [-0.3, -0.25) is 4.79 Å². The summed E-state index contributed by atoms with van der Waals surface area (Å²) in [5.74, 6) is 0.201. The average molecular weight is 296 g/mol. The molecule has 110 valence electrons. The highest BCUT2D eigenvalue weighted by Gasteiger charge is 2.27. The molecule has 1 amide bonds. The molecule has 1 heterocycles. The highest BCUT2D eigenvalue weighted by atomic mass is 32.2. The van der Waals surface area contributed by atoms with Gasteiger partial charge in [0.2, 0.25) is 5.91 Å². The van der Waals surface area contributed by atoms with Crippen LogP contribution in [0.25, 0.3) is 0 Å². The standard InChI is InChI=1S/C14H20N2O3S/c1-2-11-5-3-4-6-13(11)16-14(17)9-15-12-7-8-20(18,19)10-12/h3-6,12,15H,2,7-10H2,1H3,(H,16,17). The van der Waals surface area contributed by atoms with E-state index in [0.29, 0.717) is 6.42 Å². The van der Waals surface area contributed by atoms with Gasteiger partial charge >= 0.3 is 0 Å². The molecule has 0 saturated carbocycles. The quantitative estimate of drug-likeness (QED) is 0.849. The Hall–Kier alpha value is -1.40. The fourth-order valence-electron chi connectivity index (χ4n) is 2.34. The number of hydrogen-bond donors (Lipinski definition) is 2. The lowest BCUT2D eigenvalue weighted by Gasteiger charge is -2.12. The summed E-state index contributed by atoms with van der Waals surface area (Å²) in [4.78, 5) is 11.9. The van der Waals surface area contributed by atoms with Crippen LogP contribution in [0.15, 0.2) is 24.3 Å². The zero-order valence-electron chi connectivity index (χ0n) is 11.6. The van der Waals surface area contributed by atoms with Crippen LogP contribution >= 0.6 is 0 Å². The van der Waals surface area contributed by atoms with Crippen LogP contribution in [0.5, 0.6) is 0 Å². The summed E-state index contributed by atoms with van der Waals surface area (Å²) < 4.78 is 22.6. The van der Waals surface area contributed by atoms with Gasteiger partial charge < -0.3 is 10.6 Å². The first-order chi connectivity index (χ1) is 9.50. The number of carbonyl (C=O) groups is 1. The van der Waals surface area contributed by atoms with E-state index in [1.54, 1.807) is 0 Å². The molecule has 0 radical (unpaired) electrons. The molecular weight excluding hydrogens is 276 g/mol. The minimum absolute atomic E-state index is 0.104. The Labute approximate surface area is 119 Å². The van der Waals surface area contributed by atoms with E-state index < -0.39 is 9.84 Å². The maximum absolute atomic E-state index is 11.9. The molecule has 0 aliphatic carbocycles. The fraction of sp³-hybridized carbons (Fsp3) is 0.500. The number of para-hydroxylation sites is 1. The monoisotopic (exact) mass is 296 g/mol. The molecule has 20 heavy (non-hydrogen) atoms. The van der Waals surface area contributed by atoms with E-state index in [2.05, 4.69) is 10.6 Å². The molecule has 1 aliphatic rings. The maximum Gasteiger partial charge on any atom is 0.238 e. The Kier molecular flexibility index (Phi) is 4.77. The van der Waals surface area contributed by atoms with Crippen LogP contribution in [0.4, 0.5) is 5.69 Å². The number of rotatable bonds is 5. The van der Waals surface area contributed by atoms with Crippen molar-refractivity contribution in [2.24, 2.45) is 0 Å². The number of nitrogens with one attached hydrogen (secondary N) is 2. The first kappa shape index (κ1) is 15.0. The van der Waals surface area contributed by atoms with Crippen molar-refractivity contribution in [2.75, 3.05) is 23.4 Å². The molecule has 1 aromatic rings. The summed E-state index contributed by atoms with van der Waals surface area (Å²) in [7, 11) is -2.91. The van der Waals surface area contributed by atoms with Gasteiger partial charge in [-0.25, -0.2) is 8.42 Å². The topological polar surface area (TPSA) is 75.3 Å². The zero-order chi connectivity index (χ0) is 14.6. The Morgan fingerprint density at radius 1 is 1.35 bits per heavy atom. The third-order valence-corrected chi connectivity index (χ3v) is 5.22. The van der Waals surface area contributed by atoms with Crippen molar-refractivity contribution in [3.05, 3.63) is 29.8 Å². The molecule has 1 aliphatic heterocycles. The second-order valence-electron chi connectivity index (χ2n) is 5.04. The van der Waals surface area contributed by atoms with Crippen LogP contribution in [-0.4, -0.2) is 38.4 Å². The summed E-state index contributed by atoms with van der Waals surface area (Å²) >= 11 is 0. The number of benzene rings is 1. The minimum atomic E-state index is -2.91. The van der Waals surface area contributed by atoms with Gasteiger partial charge in [-0.15, -0.1) is 0 Å². The van der Waals surface area contributed by atoms with Crippen LogP contribution in [0, 0.1) is 0 Å². The van der Waals surface area contributed by atoms with Crippen molar-refractivity contribution in [3.8, 4) is 0 Å². The normalized spacial score (nSPS) is 20.8. The second-order valence-corrected chi connectivity index (χ2v) is 7.27. The first-order valence-electron chi connectivity index (χ1n) is 6.82. The molecule has 6 heteroatoms. The molecule has 0 spiro atoms. The summed E-state index contributed by atoms with van der Waals surface area (Å²) in [6.07, 6.45) is 1.44. The molecule has 2 rings (SSSR count). The summed E-state index contributed by atoms with van der Waals surface area (Å²) in [6, 6.07) is 7.57. The van der Waals surface area contributed by atoms with Gasteiger partial charge in [0.05, 0.1) is 18.1 Å². The third-order valence-electron chi connectivity index (χ3n) is 3.46. The zero-order valence-corrected chi connectivity index (χ0v) is 12.4. The lowest BCUT2D eigenvalue weighted by molar-refractivity contribution is -0.115. The van der Waals surface area contributed by atoms with Crippen molar-refractivity contribution < 1.29 is 13.2 Å². The van der Waals surface area contributed by atoms with Gasteiger partial charge in [0.1, 0.15) is 0 Å². The number of carbonyl (C=O) groups excluding carboxylic acids is 1. The Balaban J connectivity index is 1.84. The number of hydrogen-bond acceptors (Lipinski definition) is 4. The predicted octanol–water partition coefficient (Wildman–Crippen LogP) is 0.964. The van der Waals surface area contributed by atoms with E-state index in [-0.39, 0.29) is 30.0 Å². The predicted molar refractivity (Wildman–Crippen MR) is 79.5 cm³/mol. The molecule has 1 saturated heterocycles. The van der Waals surface area contributed by atoms with E-state index in [4.69, 9.17) is 0 Å². The van der Waals surface area contributed by atoms with Gasteiger partial charge in [-0.2, -0.15) is 0 Å². The smallest absolute Gasteiger partial charge is 0.238 e. The molecule has 1 aromatic carbocycles. The SMILES string of the molecule is CCc1ccccc1NC(=O)CNC1CCS(=O)(=O)C1. The molecule has 0 bridgehead atoms.